The van der Waals surface area contributed by atoms with E-state index in [9.17, 15) is 106 Å². The zero-order chi connectivity index (χ0) is 35.8. The topological polar surface area (TPSA) is 66.8 Å². The Labute approximate surface area is 222 Å². The quantitative estimate of drug-likeness (QED) is 0.0841. The summed E-state index contributed by atoms with van der Waals surface area (Å²) in [7, 11) is -7.78. The van der Waals surface area contributed by atoms with Gasteiger partial charge in [-0.15, -0.1) is 0 Å². The van der Waals surface area contributed by atoms with Gasteiger partial charge in [0.25, 0.3) is 0 Å². The lowest BCUT2D eigenvalue weighted by Gasteiger charge is -2.41. The fourth-order valence-corrected chi connectivity index (χ4v) is 3.21. The molecule has 28 heteroatoms. The minimum atomic E-state index is -9.09. The molecule has 1 rings (SSSR count). The first-order chi connectivity index (χ1) is 19.0. The van der Waals surface area contributed by atoms with Crippen molar-refractivity contribution < 1.29 is 120 Å². The maximum absolute atomic E-state index is 14.8. The fraction of sp³-hybridized carbons (Fsp3) is 0.500. The summed E-state index contributed by atoms with van der Waals surface area (Å²) in [5.74, 6) is -76.2. The molecule has 1 unspecified atom stereocenters. The Morgan fingerprint density at radius 3 is 1.14 bits per heavy atom. The largest absolute Gasteiger partial charge is 0.460 e. The Morgan fingerprint density at radius 1 is 0.523 bits per heavy atom. The van der Waals surface area contributed by atoms with Gasteiger partial charge >= 0.3 is 60.9 Å². The average Bonchev–Trinajstić information content (AvgIpc) is 2.83. The number of hydrogen-bond acceptors (Lipinski definition) is 2. The first-order valence-corrected chi connectivity index (χ1v) is 10.9. The van der Waals surface area contributed by atoms with E-state index in [0.717, 1.165) is 0 Å². The van der Waals surface area contributed by atoms with Crippen LogP contribution in [0.3, 0.4) is 0 Å². The molecular formula is C16H2F23O4P. The highest BCUT2D eigenvalue weighted by molar-refractivity contribution is 7.52. The van der Waals surface area contributed by atoms with Crippen molar-refractivity contribution in [2.45, 2.75) is 47.3 Å². The molecular weight excluding hydrogens is 724 g/mol. The van der Waals surface area contributed by atoms with Crippen molar-refractivity contribution in [3.63, 3.8) is 0 Å². The zero-order valence-corrected chi connectivity index (χ0v) is 19.7. The number of allylic oxidation sites excluding steroid dienone is 1. The molecule has 0 bridgehead atoms. The molecule has 1 aromatic carbocycles. The first kappa shape index (κ1) is 39.3. The van der Waals surface area contributed by atoms with E-state index in [4.69, 9.17) is 9.79 Å². The third kappa shape index (κ3) is 5.20. The molecule has 0 saturated carbocycles. The first-order valence-electron chi connectivity index (χ1n) is 9.31. The summed E-state index contributed by atoms with van der Waals surface area (Å²) in [6.45, 7) is 0. The van der Waals surface area contributed by atoms with Crippen LogP contribution in [0.4, 0.5) is 101 Å². The summed E-state index contributed by atoms with van der Waals surface area (Å²) >= 11 is 0. The highest BCUT2D eigenvalue weighted by Crippen LogP contribution is 2.65. The molecule has 0 aliphatic carbocycles. The number of halogens is 23. The third-order valence-electron chi connectivity index (χ3n) is 4.89. The molecule has 0 radical (unpaired) electrons. The third-order valence-corrected chi connectivity index (χ3v) is 5.96. The van der Waals surface area contributed by atoms with Crippen LogP contribution in [0.1, 0.15) is 5.56 Å². The van der Waals surface area contributed by atoms with E-state index in [-0.39, 0.29) is 0 Å². The van der Waals surface area contributed by atoms with Crippen molar-refractivity contribution in [2.24, 2.45) is 0 Å². The van der Waals surface area contributed by atoms with Crippen LogP contribution >= 0.6 is 7.60 Å². The molecule has 0 amide bonds. The maximum Gasteiger partial charge on any atom is 0.460 e. The van der Waals surface area contributed by atoms with Crippen molar-refractivity contribution in [3.05, 3.63) is 46.5 Å². The molecule has 4 nitrogen and oxygen atoms in total. The highest BCUT2D eigenvalue weighted by Gasteiger charge is 2.94. The van der Waals surface area contributed by atoms with Gasteiger partial charge < -0.3 is 14.5 Å². The lowest BCUT2D eigenvalue weighted by molar-refractivity contribution is -0.451. The summed E-state index contributed by atoms with van der Waals surface area (Å²) in [6.07, 6.45) is -8.05. The second-order valence-electron chi connectivity index (χ2n) is 7.68. The molecule has 0 heterocycles. The van der Waals surface area contributed by atoms with E-state index in [0.29, 0.717) is 0 Å². The summed E-state index contributed by atoms with van der Waals surface area (Å²) in [5.41, 5.74) is -10.4. The molecule has 0 aliphatic heterocycles. The molecule has 1 aromatic rings. The van der Waals surface area contributed by atoms with Crippen LogP contribution in [0.25, 0.3) is 0 Å². The molecule has 256 valence electrons. The van der Waals surface area contributed by atoms with Gasteiger partial charge in [-0.25, -0.2) is 22.0 Å². The second-order valence-corrected chi connectivity index (χ2v) is 9.35. The summed E-state index contributed by atoms with van der Waals surface area (Å²) in [5, 5.41) is 0. The standard InChI is InChI=1S/C16H2F23O4P/c17-2-1(3(18)5(20)6(21)4(2)19)10(26,44(40,41)42)43-8(23)7(22)9(24,25)11(27,28)12(29,30)13(31,32)14(33,34)15(35,36)16(37,38)39/h(H2,40,41,42). The Balaban J connectivity index is 3.97. The van der Waals surface area contributed by atoms with Gasteiger partial charge in [0.05, 0.1) is 0 Å². The van der Waals surface area contributed by atoms with Crippen molar-refractivity contribution >= 4 is 7.60 Å². The Bertz CT molecular complexity index is 1350. The summed E-state index contributed by atoms with van der Waals surface area (Å²) < 4.78 is 320. The van der Waals surface area contributed by atoms with E-state index >= 15 is 0 Å². The molecule has 44 heavy (non-hydrogen) atoms. The van der Waals surface area contributed by atoms with Gasteiger partial charge in [0.2, 0.25) is 11.6 Å². The monoisotopic (exact) mass is 726 g/mol. The molecule has 0 aliphatic rings. The number of hydrogen-bond donors (Lipinski definition) is 2. The Morgan fingerprint density at radius 2 is 0.818 bits per heavy atom. The van der Waals surface area contributed by atoms with Crippen molar-refractivity contribution in [1.29, 1.82) is 0 Å². The van der Waals surface area contributed by atoms with Gasteiger partial charge in [0.1, 0.15) is 5.56 Å². The Kier molecular flexibility index (Phi) is 9.56. The predicted molar refractivity (Wildman–Crippen MR) is 87.1 cm³/mol. The van der Waals surface area contributed by atoms with E-state index in [1.165, 1.54) is 0 Å². The van der Waals surface area contributed by atoms with Gasteiger partial charge in [0, 0.05) is 0 Å². The smallest absolute Gasteiger partial charge is 0.416 e. The average molecular weight is 726 g/mol. The molecule has 1 atom stereocenters. The van der Waals surface area contributed by atoms with E-state index < -0.39 is 101 Å². The van der Waals surface area contributed by atoms with Gasteiger partial charge in [-0.2, -0.15) is 79.0 Å². The van der Waals surface area contributed by atoms with Gasteiger partial charge in [-0.05, 0) is 0 Å². The minimum Gasteiger partial charge on any atom is -0.416 e. The van der Waals surface area contributed by atoms with E-state index in [2.05, 4.69) is 4.74 Å². The predicted octanol–water partition coefficient (Wildman–Crippen LogP) is 8.14. The summed E-state index contributed by atoms with van der Waals surface area (Å²) in [4.78, 5) is 17.6. The molecule has 0 aromatic heterocycles. The normalized spacial score (nSPS) is 16.9. The van der Waals surface area contributed by atoms with Crippen molar-refractivity contribution in [3.8, 4) is 0 Å². The van der Waals surface area contributed by atoms with Crippen LogP contribution in [-0.4, -0.2) is 51.5 Å². The van der Waals surface area contributed by atoms with Gasteiger partial charge in [0.15, 0.2) is 23.3 Å². The van der Waals surface area contributed by atoms with E-state index in [1.807, 2.05) is 0 Å². The van der Waals surface area contributed by atoms with Crippen LogP contribution < -0.4 is 0 Å². The van der Waals surface area contributed by atoms with Gasteiger partial charge in [-0.1, -0.05) is 0 Å². The fourth-order valence-electron chi connectivity index (χ4n) is 2.52. The van der Waals surface area contributed by atoms with E-state index in [1.54, 1.807) is 0 Å². The van der Waals surface area contributed by atoms with Crippen LogP contribution in [0.2, 0.25) is 0 Å². The molecule has 0 spiro atoms. The molecule has 0 saturated heterocycles. The second kappa shape index (κ2) is 10.7. The lowest BCUT2D eigenvalue weighted by Crippen LogP contribution is -2.72. The number of rotatable bonds is 10. The Hall–Kier alpha value is -2.70. The SMILES string of the molecule is O=P(O)(O)C(F)(OC(F)=C(F)C(F)(F)C(F)(F)C(F)(F)C(F)(F)C(F)(F)C(F)(F)C(F)(F)F)c1c(F)c(F)c(F)c(F)c1F. The van der Waals surface area contributed by atoms with Crippen LogP contribution in [0.15, 0.2) is 11.8 Å². The number of ether oxygens (including phenoxy) is 1. The zero-order valence-electron chi connectivity index (χ0n) is 18.9. The maximum atomic E-state index is 14.8. The minimum absolute atomic E-state index is 2.32. The lowest BCUT2D eigenvalue weighted by atomic mass is 9.91. The van der Waals surface area contributed by atoms with Crippen LogP contribution in [0, 0.1) is 29.1 Å². The van der Waals surface area contributed by atoms with Crippen LogP contribution in [0.5, 0.6) is 0 Å². The van der Waals surface area contributed by atoms with Crippen LogP contribution in [-0.2, 0) is 14.9 Å². The molecule has 0 fully saturated rings. The number of alkyl halides is 16. The van der Waals surface area contributed by atoms with Crippen molar-refractivity contribution in [1.82, 2.24) is 0 Å². The highest BCUT2D eigenvalue weighted by atomic mass is 31.2. The van der Waals surface area contributed by atoms with Gasteiger partial charge in [-0.3, -0.25) is 4.57 Å². The molecule has 2 N–H and O–H groups in total. The number of benzene rings is 1. The summed E-state index contributed by atoms with van der Waals surface area (Å²) in [6, 6.07) is -4.98. The van der Waals surface area contributed by atoms with Crippen molar-refractivity contribution in [2.75, 3.05) is 0 Å².